The minimum absolute atomic E-state index is 0.0458. The molecule has 368 valence electrons. The number of aromatic nitrogens is 14. The molecule has 0 saturated carbocycles. The average molecular weight is 985 g/mol. The summed E-state index contributed by atoms with van der Waals surface area (Å²) in [6.07, 6.45) is 13.4. The first kappa shape index (κ1) is 49.4. The van der Waals surface area contributed by atoms with Crippen LogP contribution in [-0.2, 0) is 38.7 Å². The van der Waals surface area contributed by atoms with Crippen LogP contribution < -0.4 is 11.1 Å². The van der Waals surface area contributed by atoms with Crippen molar-refractivity contribution >= 4 is 64.1 Å². The van der Waals surface area contributed by atoms with E-state index >= 15 is 0 Å². The highest BCUT2D eigenvalue weighted by molar-refractivity contribution is 6.76. The topological polar surface area (TPSA) is 245 Å². The highest BCUT2D eigenvalue weighted by Crippen LogP contribution is 2.30. The Labute approximate surface area is 406 Å². The number of aryl methyl sites for hydroxylation is 2. The number of amides is 1. The summed E-state index contributed by atoms with van der Waals surface area (Å²) in [7, 11) is 2.24. The highest BCUT2D eigenvalue weighted by Gasteiger charge is 2.22. The second kappa shape index (κ2) is 20.9. The molecule has 0 aliphatic rings. The Kier molecular flexibility index (Phi) is 14.5. The molecule has 1 amide bonds. The second-order valence-corrected chi connectivity index (χ2v) is 23.9. The van der Waals surface area contributed by atoms with E-state index in [1.807, 2.05) is 43.1 Å². The first-order valence-electron chi connectivity index (χ1n) is 22.7. The van der Waals surface area contributed by atoms with Crippen LogP contribution >= 0.6 is 0 Å². The zero-order valence-electron chi connectivity index (χ0n) is 40.2. The predicted molar refractivity (Wildman–Crippen MR) is 267 cm³/mol. The van der Waals surface area contributed by atoms with Crippen molar-refractivity contribution in [3.05, 3.63) is 121 Å². The number of carboxylic acid groups (broad SMARTS) is 1. The quantitative estimate of drug-likeness (QED) is 0.0632. The molecule has 0 unspecified atom stereocenters. The number of carbonyl (C=O) groups excluding carboxylic acids is 1. The fraction of sp³-hybridized carbons (Fsp3) is 0.292. The van der Waals surface area contributed by atoms with Crippen molar-refractivity contribution in [1.29, 1.82) is 0 Å². The van der Waals surface area contributed by atoms with Crippen molar-refractivity contribution in [2.24, 2.45) is 19.8 Å². The number of nitrogens with one attached hydrogen (secondary N) is 2. The Balaban J connectivity index is 0.000000162. The summed E-state index contributed by atoms with van der Waals surface area (Å²) < 4.78 is 41.4. The predicted octanol–water partition coefficient (Wildman–Crippen LogP) is 7.03. The molecule has 0 fully saturated rings. The van der Waals surface area contributed by atoms with E-state index in [1.54, 1.807) is 75.8 Å². The Hall–Kier alpha value is -8.02. The van der Waals surface area contributed by atoms with E-state index in [0.29, 0.717) is 74.7 Å². The number of ether oxygens (including phenoxy) is 1. The maximum atomic E-state index is 13.6. The number of aromatic carboxylic acids is 1. The molecule has 0 saturated heterocycles. The molecule has 20 nitrogen and oxygen atoms in total. The van der Waals surface area contributed by atoms with E-state index in [1.165, 1.54) is 30.5 Å². The van der Waals surface area contributed by atoms with E-state index in [-0.39, 0.29) is 47.4 Å². The Morgan fingerprint density at radius 2 is 1.41 bits per heavy atom. The normalized spacial score (nSPS) is 12.5. The molecule has 5 N–H and O–H groups in total. The van der Waals surface area contributed by atoms with Gasteiger partial charge in [-0.05, 0) is 68.4 Å². The summed E-state index contributed by atoms with van der Waals surface area (Å²) in [4.78, 5) is 45.7. The lowest BCUT2D eigenvalue weighted by molar-refractivity contribution is 0.0695. The van der Waals surface area contributed by atoms with Crippen molar-refractivity contribution in [3.8, 4) is 22.8 Å². The number of rotatable bonds is 14. The summed E-state index contributed by atoms with van der Waals surface area (Å²) in [5.41, 5.74) is 10.9. The van der Waals surface area contributed by atoms with E-state index in [9.17, 15) is 23.5 Å². The number of nitrogens with zero attached hydrogens (tertiary/aromatic N) is 13. The third kappa shape index (κ3) is 11.5. The molecule has 0 radical (unpaired) electrons. The van der Waals surface area contributed by atoms with Crippen molar-refractivity contribution in [2.45, 2.75) is 71.4 Å². The van der Waals surface area contributed by atoms with Gasteiger partial charge < -0.3 is 30.4 Å². The Morgan fingerprint density at radius 3 is 1.96 bits per heavy atom. The van der Waals surface area contributed by atoms with Gasteiger partial charge in [0.25, 0.3) is 5.91 Å². The van der Waals surface area contributed by atoms with Crippen LogP contribution in [0.3, 0.4) is 0 Å². The maximum Gasteiger partial charge on any atom is 0.339 e. The van der Waals surface area contributed by atoms with Crippen LogP contribution in [0.2, 0.25) is 25.7 Å². The number of benzene rings is 2. The fourth-order valence-corrected chi connectivity index (χ4v) is 8.48. The lowest BCUT2D eigenvalue weighted by Crippen LogP contribution is -2.35. The van der Waals surface area contributed by atoms with Crippen LogP contribution in [0.5, 0.6) is 0 Å². The molecular weight excluding hydrogens is 931 g/mol. The zero-order valence-corrected chi connectivity index (χ0v) is 41.2. The lowest BCUT2D eigenvalue weighted by Gasteiger charge is -2.15. The van der Waals surface area contributed by atoms with Gasteiger partial charge in [-0.15, -0.1) is 0 Å². The molecule has 71 heavy (non-hydrogen) atoms. The maximum absolute atomic E-state index is 13.6. The number of carbonyl (C=O) groups is 2. The number of hydrogen-bond donors (Lipinski definition) is 4. The van der Waals surface area contributed by atoms with Crippen LogP contribution in [0.4, 0.5) is 8.78 Å². The van der Waals surface area contributed by atoms with Crippen LogP contribution in [0.1, 0.15) is 34.6 Å². The standard InChI is InChI=1S/C21H19FN8O.C21H24FN5O3Si.C6H11N3/c1-12(11-30-7-3-6-25-30)26-21(31)15-9-23-20-19(15)27-16(10-24-20)18-14-5-4-13(22)8-17(14)29(2)28-18;1-26-17-9-13(22)5-6-14(17)18(25-26)16-10-23-20-19(24-16)15(21(28)29)11-27(20)12-30-7-8-31(2,3)4;1-6(7)5-9-4-2-3-8-9/h3-10,12H,11H2,1-2H3,(H,23,24)(H,26,31);5-6,9-11H,7-8,12H2,1-4H3,(H,28,29);2-4,6H,5,7H2,1H3/t12-;;6-/m1.1/s1. The monoisotopic (exact) mass is 984 g/mol. The number of fused-ring (bicyclic) bond motifs is 4. The van der Waals surface area contributed by atoms with Gasteiger partial charge in [-0.3, -0.25) is 23.5 Å². The molecule has 10 aromatic rings. The largest absolute Gasteiger partial charge is 0.478 e. The average Bonchev–Trinajstić information content (AvgIpc) is 4.20. The molecule has 0 spiro atoms. The molecule has 2 atom stereocenters. The van der Waals surface area contributed by atoms with Gasteiger partial charge in [0.2, 0.25) is 0 Å². The number of halogens is 2. The minimum Gasteiger partial charge on any atom is -0.478 e. The van der Waals surface area contributed by atoms with E-state index < -0.39 is 14.0 Å². The Morgan fingerprint density at radius 1 is 0.831 bits per heavy atom. The second-order valence-electron chi connectivity index (χ2n) is 18.3. The number of carboxylic acids is 1. The number of nitrogens with two attached hydrogens (primary N) is 1. The minimum atomic E-state index is -1.22. The van der Waals surface area contributed by atoms with Crippen LogP contribution in [-0.4, -0.2) is 112 Å². The van der Waals surface area contributed by atoms with Gasteiger partial charge in [-0.25, -0.2) is 33.5 Å². The van der Waals surface area contributed by atoms with Crippen molar-refractivity contribution in [2.75, 3.05) is 6.61 Å². The molecule has 0 aliphatic heterocycles. The van der Waals surface area contributed by atoms with Gasteiger partial charge in [0.1, 0.15) is 57.7 Å². The summed E-state index contributed by atoms with van der Waals surface area (Å²) in [5, 5.41) is 31.2. The molecule has 8 heterocycles. The van der Waals surface area contributed by atoms with Gasteiger partial charge in [-0.2, -0.15) is 20.4 Å². The van der Waals surface area contributed by atoms with Gasteiger partial charge in [0, 0.05) is 88.8 Å². The van der Waals surface area contributed by atoms with Crippen molar-refractivity contribution < 1.29 is 28.2 Å². The van der Waals surface area contributed by atoms with E-state index in [0.717, 1.165) is 18.0 Å². The molecule has 2 aromatic carbocycles. The third-order valence-corrected chi connectivity index (χ3v) is 12.9. The van der Waals surface area contributed by atoms with Gasteiger partial charge >= 0.3 is 5.97 Å². The van der Waals surface area contributed by atoms with Crippen LogP contribution in [0.15, 0.2) is 98.1 Å². The number of H-pyrrole nitrogens is 1. The third-order valence-electron chi connectivity index (χ3n) is 11.2. The van der Waals surface area contributed by atoms with Crippen molar-refractivity contribution in [1.82, 2.24) is 73.9 Å². The molecule has 0 bridgehead atoms. The zero-order chi connectivity index (χ0) is 50.6. The van der Waals surface area contributed by atoms with E-state index in [2.05, 4.69) is 70.3 Å². The summed E-state index contributed by atoms with van der Waals surface area (Å²) >= 11 is 0. The highest BCUT2D eigenvalue weighted by atomic mass is 28.3. The molecule has 0 aliphatic carbocycles. The van der Waals surface area contributed by atoms with Crippen molar-refractivity contribution in [3.63, 3.8) is 0 Å². The number of hydrogen-bond acceptors (Lipinski definition) is 12. The Bertz CT molecular complexity index is 3460. The summed E-state index contributed by atoms with van der Waals surface area (Å²) in [5.74, 6) is -2.05. The van der Waals surface area contributed by atoms with Crippen LogP contribution in [0.25, 0.3) is 66.9 Å². The first-order valence-corrected chi connectivity index (χ1v) is 26.4. The fourth-order valence-electron chi connectivity index (χ4n) is 7.72. The molecule has 10 rings (SSSR count). The molecule has 23 heteroatoms. The SMILES string of the molecule is C[C@@H](N)Cn1cccn1.C[C@H](Cn1cccn1)NC(=O)c1c[nH]c2ncc(-c3nn(C)c4cc(F)ccc34)nc12.Cn1nc(-c2cnc3c(n2)c(C(=O)O)cn3COCC[Si](C)(C)C)c2ccc(F)cc21. The number of aromatic amines is 1. The first-order chi connectivity index (χ1) is 33.9. The summed E-state index contributed by atoms with van der Waals surface area (Å²) in [6.45, 7) is 12.8. The lowest BCUT2D eigenvalue weighted by atomic mass is 10.1. The molecular formula is C48H54F2N16O4Si. The smallest absolute Gasteiger partial charge is 0.339 e. The molecule has 8 aromatic heterocycles. The summed E-state index contributed by atoms with van der Waals surface area (Å²) in [6, 6.07) is 13.7. The van der Waals surface area contributed by atoms with E-state index in [4.69, 9.17) is 10.5 Å². The van der Waals surface area contributed by atoms with Gasteiger partial charge in [0.05, 0.1) is 42.1 Å². The van der Waals surface area contributed by atoms with Gasteiger partial charge in [-0.1, -0.05) is 19.6 Å². The van der Waals surface area contributed by atoms with Gasteiger partial charge in [0.15, 0.2) is 11.3 Å². The van der Waals surface area contributed by atoms with Crippen LogP contribution in [0, 0.1) is 11.6 Å².